The lowest BCUT2D eigenvalue weighted by Gasteiger charge is -2.57. The maximum atomic E-state index is 9.43. The van der Waals surface area contributed by atoms with Crippen LogP contribution in [0.2, 0.25) is 0 Å². The maximum Gasteiger partial charge on any atom is 0.0436 e. The van der Waals surface area contributed by atoms with E-state index in [2.05, 4.69) is 52.8 Å². The predicted molar refractivity (Wildman–Crippen MR) is 128 cm³/mol. The smallest absolute Gasteiger partial charge is 0.0436 e. The van der Waals surface area contributed by atoms with Crippen LogP contribution in [0.1, 0.15) is 98.8 Å². The van der Waals surface area contributed by atoms with Crippen LogP contribution in [0.15, 0.2) is 23.8 Å². The zero-order chi connectivity index (χ0) is 21.5. The van der Waals surface area contributed by atoms with Crippen LogP contribution in [0, 0.1) is 52.3 Å². The third-order valence-electron chi connectivity index (χ3n) is 10.7. The van der Waals surface area contributed by atoms with Crippen LogP contribution in [-0.2, 0) is 0 Å². The van der Waals surface area contributed by atoms with Gasteiger partial charge in [0.15, 0.2) is 0 Å². The van der Waals surface area contributed by atoms with Gasteiger partial charge in [0.1, 0.15) is 0 Å². The van der Waals surface area contributed by atoms with Gasteiger partial charge in [-0.15, -0.1) is 0 Å². The molecule has 8 atom stereocenters. The van der Waals surface area contributed by atoms with Crippen LogP contribution in [0.4, 0.5) is 0 Å². The van der Waals surface area contributed by atoms with Crippen molar-refractivity contribution in [3.05, 3.63) is 23.8 Å². The van der Waals surface area contributed by atoms with Crippen molar-refractivity contribution in [2.24, 2.45) is 52.3 Å². The van der Waals surface area contributed by atoms with Crippen molar-refractivity contribution in [1.29, 1.82) is 0 Å². The molecule has 0 spiro atoms. The number of hydrogen-bond donors (Lipinski definition) is 1. The predicted octanol–water partition coefficient (Wildman–Crippen LogP) is 7.80. The minimum Gasteiger partial charge on any atom is -0.396 e. The van der Waals surface area contributed by atoms with E-state index in [0.29, 0.717) is 35.2 Å². The van der Waals surface area contributed by atoms with Gasteiger partial charge in [-0.3, -0.25) is 0 Å². The van der Waals surface area contributed by atoms with Gasteiger partial charge in [-0.1, -0.05) is 71.3 Å². The van der Waals surface area contributed by atoms with Crippen LogP contribution in [0.3, 0.4) is 0 Å². The van der Waals surface area contributed by atoms with E-state index in [1.54, 1.807) is 0 Å². The minimum absolute atomic E-state index is 0.306. The Morgan fingerprint density at radius 1 is 0.967 bits per heavy atom. The summed E-state index contributed by atoms with van der Waals surface area (Å²) in [6.45, 7) is 12.7. The van der Waals surface area contributed by atoms with E-state index in [4.69, 9.17) is 0 Å². The van der Waals surface area contributed by atoms with Crippen molar-refractivity contribution in [2.45, 2.75) is 98.8 Å². The van der Waals surface area contributed by atoms with Gasteiger partial charge in [0.05, 0.1) is 0 Å². The van der Waals surface area contributed by atoms with Crippen molar-refractivity contribution in [3.63, 3.8) is 0 Å². The average Bonchev–Trinajstić information content (AvgIpc) is 3.07. The van der Waals surface area contributed by atoms with Crippen LogP contribution in [-0.4, -0.2) is 11.7 Å². The van der Waals surface area contributed by atoms with Gasteiger partial charge in [0, 0.05) is 6.61 Å². The fourth-order valence-corrected chi connectivity index (χ4v) is 8.70. The molecule has 0 heterocycles. The van der Waals surface area contributed by atoms with E-state index < -0.39 is 0 Å². The molecule has 1 N–H and O–H groups in total. The van der Waals surface area contributed by atoms with E-state index in [9.17, 15) is 5.11 Å². The Bertz CT molecular complexity index is 659. The summed E-state index contributed by atoms with van der Waals surface area (Å²) in [6.07, 6.45) is 21.6. The fourth-order valence-electron chi connectivity index (χ4n) is 8.70. The highest BCUT2D eigenvalue weighted by molar-refractivity contribution is 5.28. The molecule has 4 aliphatic rings. The number of fused-ring (bicyclic) bond motifs is 5. The molecule has 4 rings (SSSR count). The Balaban J connectivity index is 1.52. The fraction of sp³-hybridized carbons (Fsp3) is 0.862. The van der Waals surface area contributed by atoms with Gasteiger partial charge < -0.3 is 5.11 Å². The van der Waals surface area contributed by atoms with Crippen LogP contribution >= 0.6 is 0 Å². The summed E-state index contributed by atoms with van der Waals surface area (Å²) < 4.78 is 0. The molecule has 0 aromatic carbocycles. The first-order chi connectivity index (χ1) is 14.3. The summed E-state index contributed by atoms with van der Waals surface area (Å²) in [4.78, 5) is 0. The molecule has 1 nitrogen and oxygen atoms in total. The summed E-state index contributed by atoms with van der Waals surface area (Å²) in [5.41, 5.74) is 3.00. The second kappa shape index (κ2) is 8.76. The Morgan fingerprint density at radius 3 is 2.47 bits per heavy atom. The SMILES string of the molecule is CC(C)[C@@H](C=C[C@@H](C)[C@H]1CC[C@H]2C3=CC[C@H]4CCCC[C@]4(C)[C@H]3CC[C@]12C)CCO. The van der Waals surface area contributed by atoms with Gasteiger partial charge in [-0.2, -0.15) is 0 Å². The standard InChI is InChI=1S/C29H48O/c1-20(2)22(16-19-30)10-9-21(3)25-13-14-26-24-12-11-23-8-6-7-17-28(23,4)27(24)15-18-29(25,26)5/h9-10,12,20-23,25-27,30H,6-8,11,13-19H2,1-5H3/t21-,22+,23-,25-,26+,27+,28+,29-/m1/s1. The highest BCUT2D eigenvalue weighted by Crippen LogP contribution is 2.66. The van der Waals surface area contributed by atoms with E-state index in [0.717, 1.165) is 30.1 Å². The van der Waals surface area contributed by atoms with E-state index in [1.165, 1.54) is 57.8 Å². The first-order valence-corrected chi connectivity index (χ1v) is 13.3. The largest absolute Gasteiger partial charge is 0.396 e. The third kappa shape index (κ3) is 3.76. The molecule has 4 aliphatic carbocycles. The first-order valence-electron chi connectivity index (χ1n) is 13.3. The quantitative estimate of drug-likeness (QED) is 0.441. The van der Waals surface area contributed by atoms with Gasteiger partial charge in [0.2, 0.25) is 0 Å². The Morgan fingerprint density at radius 2 is 1.73 bits per heavy atom. The molecule has 0 radical (unpaired) electrons. The molecule has 0 unspecified atom stereocenters. The molecule has 0 saturated heterocycles. The third-order valence-corrected chi connectivity index (χ3v) is 10.7. The molecule has 3 fully saturated rings. The second-order valence-corrected chi connectivity index (χ2v) is 12.4. The molecular weight excluding hydrogens is 364 g/mol. The van der Waals surface area contributed by atoms with Gasteiger partial charge in [0.25, 0.3) is 0 Å². The summed E-state index contributed by atoms with van der Waals surface area (Å²) in [6, 6.07) is 0. The van der Waals surface area contributed by atoms with Crippen LogP contribution in [0.25, 0.3) is 0 Å². The zero-order valence-electron chi connectivity index (χ0n) is 20.5. The van der Waals surface area contributed by atoms with Gasteiger partial charge >= 0.3 is 0 Å². The molecule has 3 saturated carbocycles. The summed E-state index contributed by atoms with van der Waals surface area (Å²) in [5, 5.41) is 9.43. The van der Waals surface area contributed by atoms with Crippen LogP contribution < -0.4 is 0 Å². The lowest BCUT2D eigenvalue weighted by Crippen LogP contribution is -2.48. The number of aliphatic hydroxyl groups excluding tert-OH is 1. The highest BCUT2D eigenvalue weighted by atomic mass is 16.3. The van der Waals surface area contributed by atoms with Crippen molar-refractivity contribution in [3.8, 4) is 0 Å². The van der Waals surface area contributed by atoms with E-state index >= 15 is 0 Å². The van der Waals surface area contributed by atoms with Crippen molar-refractivity contribution < 1.29 is 5.11 Å². The molecule has 170 valence electrons. The van der Waals surface area contributed by atoms with E-state index in [1.807, 2.05) is 5.57 Å². The van der Waals surface area contributed by atoms with Gasteiger partial charge in [-0.25, -0.2) is 0 Å². The molecule has 0 bridgehead atoms. The average molecular weight is 413 g/mol. The second-order valence-electron chi connectivity index (χ2n) is 12.4. The molecule has 30 heavy (non-hydrogen) atoms. The number of hydrogen-bond acceptors (Lipinski definition) is 1. The van der Waals surface area contributed by atoms with Gasteiger partial charge in [-0.05, 0) is 104 Å². The van der Waals surface area contributed by atoms with Crippen molar-refractivity contribution in [1.82, 2.24) is 0 Å². The molecule has 1 heteroatoms. The lowest BCUT2D eigenvalue weighted by atomic mass is 9.48. The molecular formula is C29H48O. The normalized spacial score (nSPS) is 43.1. The number of rotatable bonds is 6. The number of allylic oxidation sites excluding steroid dienone is 4. The van der Waals surface area contributed by atoms with E-state index in [-0.39, 0.29) is 0 Å². The summed E-state index contributed by atoms with van der Waals surface area (Å²) >= 11 is 0. The Kier molecular flexibility index (Phi) is 6.61. The Hall–Kier alpha value is -0.560. The highest BCUT2D eigenvalue weighted by Gasteiger charge is 2.57. The van der Waals surface area contributed by atoms with Crippen LogP contribution in [0.5, 0.6) is 0 Å². The first kappa shape index (κ1) is 22.6. The Labute approximate surface area is 186 Å². The summed E-state index contributed by atoms with van der Waals surface area (Å²) in [7, 11) is 0. The summed E-state index contributed by atoms with van der Waals surface area (Å²) in [5.74, 6) is 5.28. The monoisotopic (exact) mass is 412 g/mol. The molecule has 0 aromatic rings. The van der Waals surface area contributed by atoms with Crippen molar-refractivity contribution >= 4 is 0 Å². The maximum absolute atomic E-state index is 9.43. The molecule has 0 aliphatic heterocycles. The number of aliphatic hydroxyl groups is 1. The lowest BCUT2D eigenvalue weighted by molar-refractivity contribution is -0.00481. The topological polar surface area (TPSA) is 20.2 Å². The minimum atomic E-state index is 0.306. The molecule has 0 amide bonds. The zero-order valence-corrected chi connectivity index (χ0v) is 20.5. The van der Waals surface area contributed by atoms with Crippen molar-refractivity contribution in [2.75, 3.05) is 6.61 Å². The molecule has 0 aromatic heterocycles.